The van der Waals surface area contributed by atoms with Crippen molar-refractivity contribution in [3.05, 3.63) is 29.6 Å². The Balaban J connectivity index is 2.99. The maximum atomic E-state index is 13.6. The molecule has 1 aromatic carbocycles. The van der Waals surface area contributed by atoms with Crippen LogP contribution in [0.15, 0.2) is 23.1 Å². The molecule has 0 saturated carbocycles. The van der Waals surface area contributed by atoms with Crippen molar-refractivity contribution < 1.29 is 12.8 Å². The van der Waals surface area contributed by atoms with Gasteiger partial charge in [0.15, 0.2) is 0 Å². The third kappa shape index (κ3) is 3.76. The summed E-state index contributed by atoms with van der Waals surface area (Å²) in [6.45, 7) is 3.89. The molecule has 0 aliphatic carbocycles. The first kappa shape index (κ1) is 14.1. The summed E-state index contributed by atoms with van der Waals surface area (Å²) >= 11 is 0. The normalized spacial score (nSPS) is 14.0. The Morgan fingerprint density at radius 1 is 1.35 bits per heavy atom. The molecule has 0 spiro atoms. The summed E-state index contributed by atoms with van der Waals surface area (Å²) in [5.41, 5.74) is 6.23. The number of sulfonamides is 1. The first-order chi connectivity index (χ1) is 7.71. The summed E-state index contributed by atoms with van der Waals surface area (Å²) in [6, 6.07) is 3.47. The van der Waals surface area contributed by atoms with Crippen molar-refractivity contribution >= 4 is 10.0 Å². The average molecular weight is 260 g/mol. The lowest BCUT2D eigenvalue weighted by atomic mass is 9.97. The summed E-state index contributed by atoms with van der Waals surface area (Å²) in [5.74, 6) is -0.361. The SMILES string of the molecule is CC(C)C(N)Cc1ccc(S(N)(=O)=O)cc1F. The minimum atomic E-state index is -3.86. The zero-order valence-corrected chi connectivity index (χ0v) is 10.7. The fraction of sp³-hybridized carbons (Fsp3) is 0.455. The molecule has 0 aliphatic rings. The minimum Gasteiger partial charge on any atom is -0.327 e. The standard InChI is InChI=1S/C11H17FN2O2S/c1-7(2)11(13)5-8-3-4-9(6-10(8)12)17(14,15)16/h3-4,6-7,11H,5,13H2,1-2H3,(H2,14,15,16). The van der Waals surface area contributed by atoms with Gasteiger partial charge in [-0.1, -0.05) is 19.9 Å². The Hall–Kier alpha value is -0.980. The second-order valence-electron chi connectivity index (χ2n) is 4.41. The van der Waals surface area contributed by atoms with Crippen molar-refractivity contribution in [1.29, 1.82) is 0 Å². The second kappa shape index (κ2) is 5.12. The Labute approximate surface area is 101 Å². The number of primary sulfonamides is 1. The Morgan fingerprint density at radius 3 is 2.35 bits per heavy atom. The summed E-state index contributed by atoms with van der Waals surface area (Å²) in [7, 11) is -3.86. The molecule has 96 valence electrons. The highest BCUT2D eigenvalue weighted by molar-refractivity contribution is 7.89. The van der Waals surface area contributed by atoms with Gasteiger partial charge in [0, 0.05) is 6.04 Å². The van der Waals surface area contributed by atoms with Gasteiger partial charge in [-0.15, -0.1) is 0 Å². The zero-order chi connectivity index (χ0) is 13.2. The van der Waals surface area contributed by atoms with Crippen LogP contribution in [-0.2, 0) is 16.4 Å². The van der Waals surface area contributed by atoms with Crippen molar-refractivity contribution in [2.24, 2.45) is 16.8 Å². The van der Waals surface area contributed by atoms with Crippen LogP contribution in [0.25, 0.3) is 0 Å². The Morgan fingerprint density at radius 2 is 1.94 bits per heavy atom. The quantitative estimate of drug-likeness (QED) is 0.846. The van der Waals surface area contributed by atoms with Gasteiger partial charge in [-0.25, -0.2) is 17.9 Å². The van der Waals surface area contributed by atoms with Gasteiger partial charge in [0.2, 0.25) is 10.0 Å². The first-order valence-electron chi connectivity index (χ1n) is 5.28. The van der Waals surface area contributed by atoms with E-state index >= 15 is 0 Å². The molecule has 0 saturated heterocycles. The van der Waals surface area contributed by atoms with Crippen molar-refractivity contribution in [3.63, 3.8) is 0 Å². The van der Waals surface area contributed by atoms with E-state index in [1.54, 1.807) is 0 Å². The number of nitrogens with two attached hydrogens (primary N) is 2. The molecular weight excluding hydrogens is 243 g/mol. The molecule has 0 bridgehead atoms. The third-order valence-electron chi connectivity index (χ3n) is 2.66. The predicted octanol–water partition coefficient (Wildman–Crippen LogP) is 0.999. The van der Waals surface area contributed by atoms with Gasteiger partial charge in [0.05, 0.1) is 4.90 Å². The summed E-state index contributed by atoms with van der Waals surface area (Å²) in [5, 5.41) is 4.91. The van der Waals surface area contributed by atoms with Crippen LogP contribution in [-0.4, -0.2) is 14.5 Å². The van der Waals surface area contributed by atoms with Gasteiger partial charge >= 0.3 is 0 Å². The highest BCUT2D eigenvalue weighted by Crippen LogP contribution is 2.16. The van der Waals surface area contributed by atoms with E-state index in [0.29, 0.717) is 12.0 Å². The van der Waals surface area contributed by atoms with Crippen molar-refractivity contribution in [2.45, 2.75) is 31.2 Å². The van der Waals surface area contributed by atoms with Crippen LogP contribution in [0.1, 0.15) is 19.4 Å². The van der Waals surface area contributed by atoms with Crippen LogP contribution in [0, 0.1) is 11.7 Å². The molecule has 4 N–H and O–H groups in total. The minimum absolute atomic E-state index is 0.162. The molecule has 0 heterocycles. The molecule has 0 aliphatic heterocycles. The van der Waals surface area contributed by atoms with Crippen LogP contribution in [0.5, 0.6) is 0 Å². The van der Waals surface area contributed by atoms with E-state index in [9.17, 15) is 12.8 Å². The summed E-state index contributed by atoms with van der Waals surface area (Å²) in [6.07, 6.45) is 0.369. The number of hydrogen-bond donors (Lipinski definition) is 2. The lowest BCUT2D eigenvalue weighted by Crippen LogP contribution is -2.29. The van der Waals surface area contributed by atoms with E-state index in [-0.39, 0.29) is 16.9 Å². The number of rotatable bonds is 4. The van der Waals surface area contributed by atoms with Crippen LogP contribution in [0.3, 0.4) is 0 Å². The average Bonchev–Trinajstić information content (AvgIpc) is 2.19. The van der Waals surface area contributed by atoms with Gasteiger partial charge in [0.1, 0.15) is 5.82 Å². The van der Waals surface area contributed by atoms with E-state index in [4.69, 9.17) is 10.9 Å². The molecule has 0 amide bonds. The highest BCUT2D eigenvalue weighted by atomic mass is 32.2. The largest absolute Gasteiger partial charge is 0.327 e. The van der Waals surface area contributed by atoms with E-state index in [0.717, 1.165) is 6.07 Å². The molecular formula is C11H17FN2O2S. The molecule has 1 rings (SSSR count). The van der Waals surface area contributed by atoms with Gasteiger partial charge in [0.25, 0.3) is 0 Å². The molecule has 0 aromatic heterocycles. The van der Waals surface area contributed by atoms with Gasteiger partial charge < -0.3 is 5.73 Å². The third-order valence-corrected chi connectivity index (χ3v) is 3.58. The second-order valence-corrected chi connectivity index (χ2v) is 5.97. The lowest BCUT2D eigenvalue weighted by molar-refractivity contribution is 0.479. The molecule has 1 atom stereocenters. The first-order valence-corrected chi connectivity index (χ1v) is 6.83. The Kier molecular flexibility index (Phi) is 4.24. The zero-order valence-electron chi connectivity index (χ0n) is 9.85. The highest BCUT2D eigenvalue weighted by Gasteiger charge is 2.15. The smallest absolute Gasteiger partial charge is 0.238 e. The van der Waals surface area contributed by atoms with E-state index in [1.165, 1.54) is 12.1 Å². The van der Waals surface area contributed by atoms with Crippen molar-refractivity contribution in [1.82, 2.24) is 0 Å². The molecule has 17 heavy (non-hydrogen) atoms. The van der Waals surface area contributed by atoms with Gasteiger partial charge in [-0.05, 0) is 30.0 Å². The van der Waals surface area contributed by atoms with Gasteiger partial charge in [-0.2, -0.15) is 0 Å². The van der Waals surface area contributed by atoms with Crippen LogP contribution in [0.2, 0.25) is 0 Å². The number of hydrogen-bond acceptors (Lipinski definition) is 3. The molecule has 0 radical (unpaired) electrons. The monoisotopic (exact) mass is 260 g/mol. The summed E-state index contributed by atoms with van der Waals surface area (Å²) in [4.78, 5) is -0.225. The number of benzene rings is 1. The van der Waals surface area contributed by atoms with Crippen LogP contribution < -0.4 is 10.9 Å². The van der Waals surface area contributed by atoms with Crippen LogP contribution >= 0.6 is 0 Å². The number of halogens is 1. The molecule has 0 fully saturated rings. The molecule has 1 unspecified atom stereocenters. The molecule has 6 heteroatoms. The maximum absolute atomic E-state index is 13.6. The van der Waals surface area contributed by atoms with E-state index < -0.39 is 15.8 Å². The van der Waals surface area contributed by atoms with Crippen LogP contribution in [0.4, 0.5) is 4.39 Å². The Bertz CT molecular complexity index is 500. The summed E-state index contributed by atoms with van der Waals surface area (Å²) < 4.78 is 35.7. The molecule has 4 nitrogen and oxygen atoms in total. The lowest BCUT2D eigenvalue weighted by Gasteiger charge is -2.16. The van der Waals surface area contributed by atoms with Crippen molar-refractivity contribution in [3.8, 4) is 0 Å². The maximum Gasteiger partial charge on any atom is 0.238 e. The van der Waals surface area contributed by atoms with Crippen molar-refractivity contribution in [2.75, 3.05) is 0 Å². The van der Waals surface area contributed by atoms with E-state index in [1.807, 2.05) is 13.8 Å². The molecule has 1 aromatic rings. The fourth-order valence-corrected chi connectivity index (χ4v) is 1.89. The predicted molar refractivity (Wildman–Crippen MR) is 64.3 cm³/mol. The topological polar surface area (TPSA) is 86.2 Å². The van der Waals surface area contributed by atoms with Gasteiger partial charge in [-0.3, -0.25) is 0 Å². The van der Waals surface area contributed by atoms with E-state index in [2.05, 4.69) is 0 Å². The fourth-order valence-electron chi connectivity index (χ4n) is 1.36.